The maximum absolute atomic E-state index is 5.99. The van der Waals surface area contributed by atoms with Gasteiger partial charge in [-0.3, -0.25) is 0 Å². The lowest BCUT2D eigenvalue weighted by atomic mass is 10.0. The molecule has 0 atom stereocenters. The van der Waals surface area contributed by atoms with E-state index in [4.69, 9.17) is 23.2 Å². The lowest BCUT2D eigenvalue weighted by molar-refractivity contribution is 0.911. The third-order valence-corrected chi connectivity index (χ3v) is 4.34. The Morgan fingerprint density at radius 2 is 1.39 bits per heavy atom. The van der Waals surface area contributed by atoms with Crippen molar-refractivity contribution < 1.29 is 0 Å². The molecule has 3 aromatic carbocycles. The van der Waals surface area contributed by atoms with Crippen LogP contribution in [-0.2, 0) is 0 Å². The predicted octanol–water partition coefficient (Wildman–Crippen LogP) is 6.00. The maximum Gasteiger partial charge on any atom is 0.0747 e. The molecule has 0 fully saturated rings. The number of nitrogens with zero attached hydrogens (tertiary/aromatic N) is 2. The Morgan fingerprint density at radius 1 is 0.739 bits per heavy atom. The van der Waals surface area contributed by atoms with Gasteiger partial charge in [-0.2, -0.15) is 5.10 Å². The predicted molar refractivity (Wildman–Crippen MR) is 96.5 cm³/mol. The fourth-order valence-corrected chi connectivity index (χ4v) is 2.97. The van der Waals surface area contributed by atoms with Gasteiger partial charge < -0.3 is 0 Å². The second-order valence-electron chi connectivity index (χ2n) is 5.28. The third-order valence-electron chi connectivity index (χ3n) is 3.84. The molecule has 0 unspecified atom stereocenters. The Labute approximate surface area is 143 Å². The number of hydrogen-bond acceptors (Lipinski definition) is 1. The van der Waals surface area contributed by atoms with Gasteiger partial charge in [-0.25, -0.2) is 4.68 Å². The standard InChI is InChI=1S/C19H12Cl2N2/c20-14-6-4-13(5-7-14)17-2-1-3-19-18(17)12-22-23(19)16-10-8-15(21)9-11-16/h1-12H. The van der Waals surface area contributed by atoms with E-state index in [-0.39, 0.29) is 0 Å². The Balaban J connectivity index is 1.89. The van der Waals surface area contributed by atoms with Gasteiger partial charge >= 0.3 is 0 Å². The molecule has 23 heavy (non-hydrogen) atoms. The molecule has 1 heterocycles. The van der Waals surface area contributed by atoms with Crippen LogP contribution in [-0.4, -0.2) is 9.78 Å². The van der Waals surface area contributed by atoms with Crippen LogP contribution in [0, 0.1) is 0 Å². The highest BCUT2D eigenvalue weighted by molar-refractivity contribution is 6.30. The molecule has 0 aliphatic rings. The fourth-order valence-electron chi connectivity index (χ4n) is 2.72. The van der Waals surface area contributed by atoms with E-state index in [1.807, 2.05) is 65.5 Å². The van der Waals surface area contributed by atoms with E-state index < -0.39 is 0 Å². The summed E-state index contributed by atoms with van der Waals surface area (Å²) in [7, 11) is 0. The summed E-state index contributed by atoms with van der Waals surface area (Å²) >= 11 is 12.0. The summed E-state index contributed by atoms with van der Waals surface area (Å²) < 4.78 is 1.92. The van der Waals surface area contributed by atoms with Crippen molar-refractivity contribution in [2.24, 2.45) is 0 Å². The molecular formula is C19H12Cl2N2. The summed E-state index contributed by atoms with van der Waals surface area (Å²) in [5, 5.41) is 7.10. The number of halogens is 2. The Bertz CT molecular complexity index is 971. The molecule has 1 aromatic heterocycles. The van der Waals surface area contributed by atoms with Crippen LogP contribution in [0.4, 0.5) is 0 Å². The quantitative estimate of drug-likeness (QED) is 0.438. The van der Waals surface area contributed by atoms with Gasteiger partial charge in [0, 0.05) is 15.4 Å². The van der Waals surface area contributed by atoms with Crippen molar-refractivity contribution in [2.75, 3.05) is 0 Å². The number of rotatable bonds is 2. The van der Waals surface area contributed by atoms with Gasteiger partial charge in [-0.05, 0) is 53.6 Å². The van der Waals surface area contributed by atoms with Crippen molar-refractivity contribution in [3.8, 4) is 16.8 Å². The molecule has 4 aromatic rings. The van der Waals surface area contributed by atoms with Crippen molar-refractivity contribution in [3.05, 3.63) is 83.0 Å². The molecule has 0 N–H and O–H groups in total. The van der Waals surface area contributed by atoms with E-state index >= 15 is 0 Å². The normalized spacial score (nSPS) is 11.0. The maximum atomic E-state index is 5.99. The lowest BCUT2D eigenvalue weighted by Gasteiger charge is -2.06. The first-order chi connectivity index (χ1) is 11.2. The summed E-state index contributed by atoms with van der Waals surface area (Å²) in [6, 6.07) is 21.7. The van der Waals surface area contributed by atoms with Gasteiger partial charge in [-0.15, -0.1) is 0 Å². The Hall–Kier alpha value is -2.29. The fraction of sp³-hybridized carbons (Fsp3) is 0. The van der Waals surface area contributed by atoms with Crippen LogP contribution in [0.3, 0.4) is 0 Å². The van der Waals surface area contributed by atoms with E-state index in [1.165, 1.54) is 0 Å². The minimum Gasteiger partial charge on any atom is -0.233 e. The SMILES string of the molecule is Clc1ccc(-c2cccc3c2cnn3-c2ccc(Cl)cc2)cc1. The van der Waals surface area contributed by atoms with Gasteiger partial charge in [-0.1, -0.05) is 47.5 Å². The van der Waals surface area contributed by atoms with Crippen LogP contribution < -0.4 is 0 Å². The zero-order valence-corrected chi connectivity index (χ0v) is 13.6. The lowest BCUT2D eigenvalue weighted by Crippen LogP contribution is -1.95. The molecule has 0 radical (unpaired) electrons. The van der Waals surface area contributed by atoms with E-state index in [0.29, 0.717) is 5.02 Å². The summed E-state index contributed by atoms with van der Waals surface area (Å²) in [6.45, 7) is 0. The second-order valence-corrected chi connectivity index (χ2v) is 6.15. The first-order valence-electron chi connectivity index (χ1n) is 7.21. The first kappa shape index (κ1) is 14.3. The first-order valence-corrected chi connectivity index (χ1v) is 7.96. The molecule has 0 bridgehead atoms. The number of aromatic nitrogens is 2. The zero-order valence-electron chi connectivity index (χ0n) is 12.1. The van der Waals surface area contributed by atoms with Crippen LogP contribution in [0.2, 0.25) is 10.0 Å². The molecule has 4 rings (SSSR count). The average molecular weight is 339 g/mol. The molecule has 0 saturated heterocycles. The summed E-state index contributed by atoms with van der Waals surface area (Å²) in [5.41, 5.74) is 4.30. The number of fused-ring (bicyclic) bond motifs is 1. The molecular weight excluding hydrogens is 327 g/mol. The molecule has 0 aliphatic carbocycles. The highest BCUT2D eigenvalue weighted by Crippen LogP contribution is 2.30. The molecule has 0 saturated carbocycles. The van der Waals surface area contributed by atoms with Crippen LogP contribution >= 0.6 is 23.2 Å². The van der Waals surface area contributed by atoms with E-state index in [9.17, 15) is 0 Å². The van der Waals surface area contributed by atoms with Crippen molar-refractivity contribution in [1.82, 2.24) is 9.78 Å². The molecule has 0 spiro atoms. The smallest absolute Gasteiger partial charge is 0.0747 e. The van der Waals surface area contributed by atoms with Gasteiger partial charge in [0.25, 0.3) is 0 Å². The minimum atomic E-state index is 0.715. The Morgan fingerprint density at radius 3 is 2.09 bits per heavy atom. The van der Waals surface area contributed by atoms with Crippen LogP contribution in [0.25, 0.3) is 27.7 Å². The van der Waals surface area contributed by atoms with Crippen molar-refractivity contribution in [3.63, 3.8) is 0 Å². The summed E-state index contributed by atoms with van der Waals surface area (Å²) in [4.78, 5) is 0. The number of benzene rings is 3. The van der Waals surface area contributed by atoms with E-state index in [1.54, 1.807) is 0 Å². The largest absolute Gasteiger partial charge is 0.233 e. The zero-order chi connectivity index (χ0) is 15.8. The molecule has 2 nitrogen and oxygen atoms in total. The molecule has 4 heteroatoms. The minimum absolute atomic E-state index is 0.715. The number of hydrogen-bond donors (Lipinski definition) is 0. The average Bonchev–Trinajstić information content (AvgIpc) is 3.00. The summed E-state index contributed by atoms with van der Waals surface area (Å²) in [5.74, 6) is 0. The summed E-state index contributed by atoms with van der Waals surface area (Å²) in [6.07, 6.45) is 1.90. The molecule has 0 aliphatic heterocycles. The topological polar surface area (TPSA) is 17.8 Å². The van der Waals surface area contributed by atoms with Crippen LogP contribution in [0.15, 0.2) is 72.9 Å². The van der Waals surface area contributed by atoms with Crippen molar-refractivity contribution in [2.45, 2.75) is 0 Å². The van der Waals surface area contributed by atoms with E-state index in [0.717, 1.165) is 32.7 Å². The van der Waals surface area contributed by atoms with Gasteiger partial charge in [0.15, 0.2) is 0 Å². The molecule has 0 amide bonds. The van der Waals surface area contributed by atoms with Crippen LogP contribution in [0.5, 0.6) is 0 Å². The highest BCUT2D eigenvalue weighted by Gasteiger charge is 2.09. The Kier molecular flexibility index (Phi) is 3.56. The monoisotopic (exact) mass is 338 g/mol. The van der Waals surface area contributed by atoms with Gasteiger partial charge in [0.05, 0.1) is 17.4 Å². The van der Waals surface area contributed by atoms with Crippen LogP contribution in [0.1, 0.15) is 0 Å². The van der Waals surface area contributed by atoms with Gasteiger partial charge in [0.2, 0.25) is 0 Å². The highest BCUT2D eigenvalue weighted by atomic mass is 35.5. The second kappa shape index (κ2) is 5.73. The van der Waals surface area contributed by atoms with Gasteiger partial charge in [0.1, 0.15) is 0 Å². The third kappa shape index (κ3) is 2.61. The van der Waals surface area contributed by atoms with E-state index in [2.05, 4.69) is 17.2 Å². The van der Waals surface area contributed by atoms with Crippen molar-refractivity contribution >= 4 is 34.1 Å². The molecule has 112 valence electrons. The van der Waals surface area contributed by atoms with Crippen molar-refractivity contribution in [1.29, 1.82) is 0 Å².